The second kappa shape index (κ2) is 6.79. The van der Waals surface area contributed by atoms with Crippen LogP contribution in [0.4, 0.5) is 29.1 Å². The third-order valence-electron chi connectivity index (χ3n) is 4.94. The molecule has 4 aromatic rings. The van der Waals surface area contributed by atoms with E-state index in [0.29, 0.717) is 34.5 Å². The topological polar surface area (TPSA) is 55.1 Å². The zero-order valence-corrected chi connectivity index (χ0v) is 15.5. The van der Waals surface area contributed by atoms with Crippen LogP contribution < -0.4 is 5.32 Å². The number of aromatic nitrogens is 4. The fourth-order valence-corrected chi connectivity index (χ4v) is 3.36. The molecule has 0 unspecified atom stereocenters. The van der Waals surface area contributed by atoms with Crippen LogP contribution in [0.3, 0.4) is 0 Å². The molecule has 1 aromatic carbocycles. The smallest absolute Gasteiger partial charge is 0.339 e. The summed E-state index contributed by atoms with van der Waals surface area (Å²) >= 11 is 0. The summed E-state index contributed by atoms with van der Waals surface area (Å²) in [6.45, 7) is 0. The second-order valence-corrected chi connectivity index (χ2v) is 7.19. The van der Waals surface area contributed by atoms with Gasteiger partial charge in [0.05, 0.1) is 29.3 Å². The van der Waals surface area contributed by atoms with Gasteiger partial charge in [-0.3, -0.25) is 9.38 Å². The molecule has 0 amide bonds. The van der Waals surface area contributed by atoms with Crippen molar-refractivity contribution in [1.29, 1.82) is 0 Å². The van der Waals surface area contributed by atoms with E-state index in [2.05, 4.69) is 20.3 Å². The van der Waals surface area contributed by atoms with Gasteiger partial charge < -0.3 is 5.32 Å². The lowest BCUT2D eigenvalue weighted by Gasteiger charge is -2.10. The first-order valence-electron chi connectivity index (χ1n) is 9.33. The Morgan fingerprint density at radius 2 is 1.73 bits per heavy atom. The molecule has 0 aliphatic heterocycles. The third kappa shape index (κ3) is 3.47. The number of alkyl halides is 3. The molecule has 0 spiro atoms. The van der Waals surface area contributed by atoms with Crippen LogP contribution in [0.25, 0.3) is 17.0 Å². The van der Waals surface area contributed by atoms with E-state index in [0.717, 1.165) is 30.7 Å². The Balaban J connectivity index is 1.51. The number of pyridine rings is 1. The molecule has 3 aromatic heterocycles. The number of hydrogen-bond donors (Lipinski definition) is 1. The van der Waals surface area contributed by atoms with Gasteiger partial charge >= 0.3 is 6.18 Å². The molecule has 3 heterocycles. The first-order valence-corrected chi connectivity index (χ1v) is 9.33. The Hall–Kier alpha value is -3.49. The first-order chi connectivity index (χ1) is 14.4. The van der Waals surface area contributed by atoms with Gasteiger partial charge in [-0.05, 0) is 49.2 Å². The van der Waals surface area contributed by atoms with E-state index in [9.17, 15) is 17.6 Å². The van der Waals surface area contributed by atoms with Crippen molar-refractivity contribution in [1.82, 2.24) is 19.4 Å². The zero-order chi connectivity index (χ0) is 20.9. The lowest BCUT2D eigenvalue weighted by atomic mass is 10.2. The maximum atomic E-state index is 13.9. The summed E-state index contributed by atoms with van der Waals surface area (Å²) in [6.07, 6.45) is 2.03. The lowest BCUT2D eigenvalue weighted by Crippen LogP contribution is -2.04. The number of anilines is 2. The van der Waals surface area contributed by atoms with Gasteiger partial charge in [0.25, 0.3) is 0 Å². The van der Waals surface area contributed by atoms with Gasteiger partial charge in [-0.1, -0.05) is 0 Å². The van der Waals surface area contributed by atoms with Crippen molar-refractivity contribution in [3.63, 3.8) is 0 Å². The van der Waals surface area contributed by atoms with Crippen LogP contribution in [0.2, 0.25) is 0 Å². The van der Waals surface area contributed by atoms with Gasteiger partial charge in [-0.15, -0.1) is 0 Å². The summed E-state index contributed by atoms with van der Waals surface area (Å²) in [4.78, 5) is 13.4. The van der Waals surface area contributed by atoms with Gasteiger partial charge in [0.2, 0.25) is 0 Å². The molecule has 0 saturated heterocycles. The third-order valence-corrected chi connectivity index (χ3v) is 4.94. The Morgan fingerprint density at radius 1 is 0.967 bits per heavy atom. The minimum absolute atomic E-state index is 0.302. The second-order valence-electron chi connectivity index (χ2n) is 7.19. The number of halogens is 4. The quantitative estimate of drug-likeness (QED) is 0.445. The van der Waals surface area contributed by atoms with Gasteiger partial charge in [-0.25, -0.2) is 14.4 Å². The summed E-state index contributed by atoms with van der Waals surface area (Å²) in [7, 11) is 0. The zero-order valence-electron chi connectivity index (χ0n) is 15.5. The number of imidazole rings is 1. The molecule has 30 heavy (non-hydrogen) atoms. The molecule has 1 N–H and O–H groups in total. The van der Waals surface area contributed by atoms with Crippen molar-refractivity contribution in [2.75, 3.05) is 5.32 Å². The molecule has 1 aliphatic rings. The van der Waals surface area contributed by atoms with Crippen molar-refractivity contribution in [3.8, 4) is 11.4 Å². The fraction of sp³-hybridized carbons (Fsp3) is 0.190. The average Bonchev–Trinajstić information content (AvgIpc) is 3.49. The molecule has 0 atom stereocenters. The average molecular weight is 413 g/mol. The number of nitrogens with zero attached hydrogens (tertiary/aromatic N) is 4. The highest BCUT2D eigenvalue weighted by Gasteiger charge is 2.32. The fourth-order valence-electron chi connectivity index (χ4n) is 3.36. The van der Waals surface area contributed by atoms with Crippen molar-refractivity contribution in [2.24, 2.45) is 0 Å². The highest BCUT2D eigenvalue weighted by atomic mass is 19.4. The van der Waals surface area contributed by atoms with E-state index >= 15 is 0 Å². The molecular weight excluding hydrogens is 398 g/mol. The van der Waals surface area contributed by atoms with Crippen LogP contribution in [0.5, 0.6) is 0 Å². The Kier molecular flexibility index (Phi) is 4.19. The SMILES string of the molecule is Fc1ccc2nc(C3CC3)c(-c3cncc(Nc4ccc(C(F)(F)F)cc4)n3)n2c1. The van der Waals surface area contributed by atoms with Crippen LogP contribution in [0.1, 0.15) is 30.0 Å². The van der Waals surface area contributed by atoms with Gasteiger partial charge in [0.15, 0.2) is 0 Å². The van der Waals surface area contributed by atoms with Crippen LogP contribution >= 0.6 is 0 Å². The van der Waals surface area contributed by atoms with Crippen LogP contribution in [-0.2, 0) is 6.18 Å². The van der Waals surface area contributed by atoms with E-state index in [-0.39, 0.29) is 0 Å². The minimum atomic E-state index is -4.39. The van der Waals surface area contributed by atoms with Crippen molar-refractivity contribution < 1.29 is 17.6 Å². The minimum Gasteiger partial charge on any atom is -0.339 e. The number of benzene rings is 1. The van der Waals surface area contributed by atoms with E-state index in [1.54, 1.807) is 16.7 Å². The molecule has 5 nitrogen and oxygen atoms in total. The maximum absolute atomic E-state index is 13.9. The molecule has 0 radical (unpaired) electrons. The predicted octanol–water partition coefficient (Wildman–Crippen LogP) is 5.57. The van der Waals surface area contributed by atoms with E-state index in [1.807, 2.05) is 0 Å². The number of hydrogen-bond acceptors (Lipinski definition) is 4. The van der Waals surface area contributed by atoms with Crippen molar-refractivity contribution >= 4 is 17.2 Å². The molecule has 152 valence electrons. The maximum Gasteiger partial charge on any atom is 0.416 e. The molecule has 1 saturated carbocycles. The normalized spacial score (nSPS) is 14.3. The van der Waals surface area contributed by atoms with Crippen molar-refractivity contribution in [2.45, 2.75) is 24.9 Å². The summed E-state index contributed by atoms with van der Waals surface area (Å²) in [6, 6.07) is 7.63. The Labute approximate surface area is 168 Å². The molecular formula is C21H15F4N5. The highest BCUT2D eigenvalue weighted by Crippen LogP contribution is 2.44. The number of nitrogens with one attached hydrogen (secondary N) is 1. The number of rotatable bonds is 4. The van der Waals surface area contributed by atoms with E-state index < -0.39 is 17.6 Å². The number of fused-ring (bicyclic) bond motifs is 1. The summed E-state index contributed by atoms with van der Waals surface area (Å²) in [5.74, 6) is 0.270. The monoisotopic (exact) mass is 413 g/mol. The highest BCUT2D eigenvalue weighted by molar-refractivity contribution is 5.67. The Bertz CT molecular complexity index is 1230. The van der Waals surface area contributed by atoms with E-state index in [4.69, 9.17) is 0 Å². The Morgan fingerprint density at radius 3 is 2.43 bits per heavy atom. The standard InChI is InChI=1S/C21H15F4N5/c22-14-5-8-18-29-19(12-1-2-12)20(30(18)11-14)16-9-26-10-17(28-16)27-15-6-3-13(4-7-15)21(23,24)25/h3-12H,1-2H2,(H,27,28). The van der Waals surface area contributed by atoms with Crippen molar-refractivity contribution in [3.05, 3.63) is 72.1 Å². The van der Waals surface area contributed by atoms with Gasteiger partial charge in [-0.2, -0.15) is 13.2 Å². The molecule has 9 heteroatoms. The lowest BCUT2D eigenvalue weighted by molar-refractivity contribution is -0.137. The predicted molar refractivity (Wildman–Crippen MR) is 103 cm³/mol. The van der Waals surface area contributed by atoms with Crippen LogP contribution in [0, 0.1) is 5.82 Å². The van der Waals surface area contributed by atoms with E-state index in [1.165, 1.54) is 30.6 Å². The molecule has 1 aliphatic carbocycles. The summed E-state index contributed by atoms with van der Waals surface area (Å²) < 4.78 is 53.8. The van der Waals surface area contributed by atoms with Gasteiger partial charge in [0.1, 0.15) is 23.0 Å². The summed E-state index contributed by atoms with van der Waals surface area (Å²) in [5.41, 5.74) is 2.37. The van der Waals surface area contributed by atoms with Gasteiger partial charge in [0, 0.05) is 17.8 Å². The molecule has 1 fully saturated rings. The molecule has 0 bridgehead atoms. The first kappa shape index (κ1) is 18.5. The van der Waals surface area contributed by atoms with Crippen LogP contribution in [0.15, 0.2) is 55.0 Å². The molecule has 5 rings (SSSR count). The largest absolute Gasteiger partial charge is 0.416 e. The van der Waals surface area contributed by atoms with Crippen LogP contribution in [-0.4, -0.2) is 19.4 Å². The summed E-state index contributed by atoms with van der Waals surface area (Å²) in [5, 5.41) is 2.96.